The van der Waals surface area contributed by atoms with Gasteiger partial charge in [0.25, 0.3) is 0 Å². The highest BCUT2D eigenvalue weighted by Gasteiger charge is 2.36. The number of hydrogen-bond donors (Lipinski definition) is 2. The number of anilines is 4. The standard InChI is InChI=1S/2C20H25F2N7O3/c1-3-18(30)23-10-15-11-28(20(31)32-15)14-8-16(21)19(17(22)9-14)27-6-4-13(5-7-27)29-12(2)24-25-26-29;1-3-18(30)23-10-15-11-28(20(31)32-15)14-8-16(21)19(17(22)9-14)27-6-4-13(5-7-27)29-25-12(2)24-26-29/h2*8-9,13,15H,3-7,10-11H2,1-2H3,(H,23,30)/t2*15-/m00/s1. The van der Waals surface area contributed by atoms with Crippen LogP contribution in [0.2, 0.25) is 0 Å². The molecular formula is C40H50F4N14O6. The third-order valence-electron chi connectivity index (χ3n) is 11.5. The van der Waals surface area contributed by atoms with E-state index < -0.39 is 47.7 Å². The summed E-state index contributed by atoms with van der Waals surface area (Å²) in [5, 5.41) is 28.9. The molecule has 0 bridgehead atoms. The fourth-order valence-corrected chi connectivity index (χ4v) is 8.09. The van der Waals surface area contributed by atoms with Crippen molar-refractivity contribution in [2.24, 2.45) is 0 Å². The second-order valence-electron chi connectivity index (χ2n) is 15.8. The summed E-state index contributed by atoms with van der Waals surface area (Å²) >= 11 is 0. The lowest BCUT2D eigenvalue weighted by atomic mass is 10.0. The highest BCUT2D eigenvalue weighted by Crippen LogP contribution is 2.36. The Bertz CT molecular complexity index is 2290. The van der Waals surface area contributed by atoms with Gasteiger partial charge in [-0.15, -0.1) is 15.3 Å². The summed E-state index contributed by atoms with van der Waals surface area (Å²) in [5.41, 5.74) is -0.0678. The monoisotopic (exact) mass is 898 g/mol. The summed E-state index contributed by atoms with van der Waals surface area (Å²) in [5.74, 6) is -2.03. The van der Waals surface area contributed by atoms with Gasteiger partial charge in [-0.25, -0.2) is 31.8 Å². The number of amides is 4. The van der Waals surface area contributed by atoms with Crippen LogP contribution in [0.3, 0.4) is 0 Å². The lowest BCUT2D eigenvalue weighted by Gasteiger charge is -2.34. The van der Waals surface area contributed by atoms with Crippen LogP contribution in [0.5, 0.6) is 0 Å². The molecule has 4 aliphatic heterocycles. The van der Waals surface area contributed by atoms with Crippen LogP contribution in [0, 0.1) is 37.1 Å². The minimum atomic E-state index is -0.747. The van der Waals surface area contributed by atoms with E-state index in [0.717, 1.165) is 24.3 Å². The number of nitrogens with zero attached hydrogens (tertiary/aromatic N) is 12. The lowest BCUT2D eigenvalue weighted by Crippen LogP contribution is -2.36. The Morgan fingerprint density at radius 2 is 1.11 bits per heavy atom. The number of hydrogen-bond acceptors (Lipinski definition) is 14. The van der Waals surface area contributed by atoms with Gasteiger partial charge in [-0.1, -0.05) is 13.8 Å². The Kier molecular flexibility index (Phi) is 14.1. The molecule has 0 aliphatic carbocycles. The zero-order chi connectivity index (χ0) is 45.7. The van der Waals surface area contributed by atoms with Gasteiger partial charge in [-0.3, -0.25) is 19.4 Å². The van der Waals surface area contributed by atoms with E-state index in [1.165, 1.54) is 9.80 Å². The fourth-order valence-electron chi connectivity index (χ4n) is 8.09. The highest BCUT2D eigenvalue weighted by molar-refractivity contribution is 5.91. The van der Waals surface area contributed by atoms with Crippen LogP contribution in [0.25, 0.3) is 0 Å². The molecule has 4 amide bonds. The van der Waals surface area contributed by atoms with E-state index in [1.54, 1.807) is 40.0 Å². The molecule has 64 heavy (non-hydrogen) atoms. The first-order valence-corrected chi connectivity index (χ1v) is 21.2. The van der Waals surface area contributed by atoms with Crippen molar-refractivity contribution in [1.29, 1.82) is 0 Å². The third-order valence-corrected chi connectivity index (χ3v) is 11.5. The zero-order valence-corrected chi connectivity index (χ0v) is 35.8. The molecule has 20 nitrogen and oxygen atoms in total. The van der Waals surface area contributed by atoms with E-state index >= 15 is 0 Å². The number of ether oxygens (including phenoxy) is 2. The smallest absolute Gasteiger partial charge is 0.414 e. The van der Waals surface area contributed by atoms with Gasteiger partial charge in [0.15, 0.2) is 29.1 Å². The molecule has 8 rings (SSSR count). The minimum Gasteiger partial charge on any atom is -0.442 e. The fraction of sp³-hybridized carbons (Fsp3) is 0.550. The van der Waals surface area contributed by atoms with Gasteiger partial charge in [0.2, 0.25) is 11.8 Å². The number of tetrazole rings is 2. The number of cyclic esters (lactones) is 2. The number of nitrogens with one attached hydrogen (secondary N) is 2. The Hall–Kier alpha value is -6.62. The van der Waals surface area contributed by atoms with Crippen molar-refractivity contribution in [2.75, 3.05) is 72.0 Å². The van der Waals surface area contributed by atoms with Gasteiger partial charge < -0.3 is 29.9 Å². The van der Waals surface area contributed by atoms with Gasteiger partial charge >= 0.3 is 12.2 Å². The van der Waals surface area contributed by atoms with Crippen molar-refractivity contribution in [3.8, 4) is 0 Å². The van der Waals surface area contributed by atoms with Gasteiger partial charge in [-0.05, 0) is 55.2 Å². The van der Waals surface area contributed by atoms with Gasteiger partial charge in [0.1, 0.15) is 29.4 Å². The van der Waals surface area contributed by atoms with E-state index in [4.69, 9.17) is 9.47 Å². The van der Waals surface area contributed by atoms with Crippen molar-refractivity contribution in [3.05, 3.63) is 59.2 Å². The Labute approximate surface area is 365 Å². The van der Waals surface area contributed by atoms with Crippen LogP contribution < -0.4 is 30.2 Å². The number of aromatic nitrogens is 8. The quantitative estimate of drug-likeness (QED) is 0.193. The molecule has 0 saturated carbocycles. The number of carbonyl (C=O) groups is 4. The number of aryl methyl sites for hydroxylation is 2. The van der Waals surface area contributed by atoms with Gasteiger partial charge in [-0.2, -0.15) is 4.80 Å². The SMILES string of the molecule is CCC(=O)NC[C@H]1CN(c2cc(F)c(N3CCC(n4nnc(C)n4)CC3)c(F)c2)C(=O)O1.CCC(=O)NC[C@H]1CN(c2cc(F)c(N3CCC(n4nnnc4C)CC3)c(F)c2)C(=O)O1. The molecule has 2 atom stereocenters. The Morgan fingerprint density at radius 3 is 1.48 bits per heavy atom. The summed E-state index contributed by atoms with van der Waals surface area (Å²) in [6.07, 6.45) is 0.596. The zero-order valence-electron chi connectivity index (χ0n) is 35.8. The highest BCUT2D eigenvalue weighted by atomic mass is 19.1. The molecule has 0 radical (unpaired) electrons. The average Bonchev–Trinajstić information content (AvgIpc) is 4.09. The predicted molar refractivity (Wildman–Crippen MR) is 221 cm³/mol. The maximum Gasteiger partial charge on any atom is 0.414 e. The molecule has 4 fully saturated rings. The van der Waals surface area contributed by atoms with Crippen LogP contribution >= 0.6 is 0 Å². The lowest BCUT2D eigenvalue weighted by molar-refractivity contribution is -0.121. The molecule has 0 unspecified atom stereocenters. The minimum absolute atomic E-state index is 0.0300. The normalized spacial score (nSPS) is 19.4. The molecule has 2 N–H and O–H groups in total. The van der Waals surface area contributed by atoms with E-state index in [0.29, 0.717) is 76.4 Å². The maximum atomic E-state index is 15.0. The molecule has 344 valence electrons. The molecule has 2 aromatic heterocycles. The van der Waals surface area contributed by atoms with Crippen molar-refractivity contribution >= 4 is 46.8 Å². The number of piperidine rings is 2. The number of rotatable bonds is 12. The van der Waals surface area contributed by atoms with Crippen molar-refractivity contribution in [2.45, 2.75) is 90.5 Å². The molecule has 6 heterocycles. The molecule has 4 saturated heterocycles. The van der Waals surface area contributed by atoms with Crippen molar-refractivity contribution in [1.82, 2.24) is 51.0 Å². The Balaban J connectivity index is 0.000000191. The first-order chi connectivity index (χ1) is 30.7. The van der Waals surface area contributed by atoms with Crippen LogP contribution in [-0.2, 0) is 19.1 Å². The van der Waals surface area contributed by atoms with Crippen molar-refractivity contribution < 1.29 is 46.2 Å². The molecular weight excluding hydrogens is 849 g/mol. The van der Waals surface area contributed by atoms with E-state index in [1.807, 2.05) is 6.92 Å². The van der Waals surface area contributed by atoms with Gasteiger partial charge in [0, 0.05) is 63.3 Å². The summed E-state index contributed by atoms with van der Waals surface area (Å²) < 4.78 is 71.9. The topological polar surface area (TPSA) is 211 Å². The third kappa shape index (κ3) is 10.3. The first kappa shape index (κ1) is 45.4. The number of benzene rings is 2. The summed E-state index contributed by atoms with van der Waals surface area (Å²) in [6, 6.07) is 4.68. The Morgan fingerprint density at radius 1 is 0.672 bits per heavy atom. The van der Waals surface area contributed by atoms with Crippen molar-refractivity contribution in [3.63, 3.8) is 0 Å². The van der Waals surface area contributed by atoms with Crippen LogP contribution in [0.15, 0.2) is 24.3 Å². The molecule has 2 aromatic carbocycles. The van der Waals surface area contributed by atoms with Crippen LogP contribution in [0.1, 0.15) is 76.1 Å². The largest absolute Gasteiger partial charge is 0.442 e. The van der Waals surface area contributed by atoms with Crippen LogP contribution in [0.4, 0.5) is 49.9 Å². The second kappa shape index (κ2) is 19.8. The van der Waals surface area contributed by atoms with E-state index in [9.17, 15) is 36.7 Å². The number of halogens is 4. The molecule has 4 aromatic rings. The maximum absolute atomic E-state index is 15.0. The molecule has 0 spiro atoms. The van der Waals surface area contributed by atoms with Gasteiger partial charge in [0.05, 0.1) is 49.6 Å². The average molecular weight is 899 g/mol. The second-order valence-corrected chi connectivity index (χ2v) is 15.8. The predicted octanol–water partition coefficient (Wildman–Crippen LogP) is 3.91. The summed E-state index contributed by atoms with van der Waals surface area (Å²) in [4.78, 5) is 54.4. The summed E-state index contributed by atoms with van der Waals surface area (Å²) in [6.45, 7) is 9.24. The first-order valence-electron chi connectivity index (χ1n) is 21.2. The molecule has 24 heteroatoms. The van der Waals surface area contributed by atoms with E-state index in [2.05, 4.69) is 41.6 Å². The number of carbonyl (C=O) groups excluding carboxylic acids is 4. The molecule has 4 aliphatic rings. The van der Waals surface area contributed by atoms with Crippen LogP contribution in [-0.4, -0.2) is 129 Å². The summed E-state index contributed by atoms with van der Waals surface area (Å²) in [7, 11) is 0. The van der Waals surface area contributed by atoms with E-state index in [-0.39, 0.29) is 72.8 Å².